The van der Waals surface area contributed by atoms with Gasteiger partial charge < -0.3 is 19.7 Å². The molecule has 0 bridgehead atoms. The van der Waals surface area contributed by atoms with Crippen molar-refractivity contribution in [3.05, 3.63) is 30.3 Å². The summed E-state index contributed by atoms with van der Waals surface area (Å²) in [5.74, 6) is 1.61. The second kappa shape index (κ2) is 7.99. The zero-order valence-corrected chi connectivity index (χ0v) is 14.5. The molecule has 5 heteroatoms. The van der Waals surface area contributed by atoms with E-state index in [1.165, 1.54) is 0 Å². The topological polar surface area (TPSA) is 50.8 Å². The monoisotopic (exact) mass is 332 g/mol. The van der Waals surface area contributed by atoms with Crippen molar-refractivity contribution in [3.63, 3.8) is 0 Å². The maximum absolute atomic E-state index is 12.9. The molecular formula is C19H28N2O3. The van der Waals surface area contributed by atoms with Crippen molar-refractivity contribution in [3.8, 4) is 5.75 Å². The van der Waals surface area contributed by atoms with Crippen molar-refractivity contribution in [2.24, 2.45) is 5.92 Å². The summed E-state index contributed by atoms with van der Waals surface area (Å²) in [6, 6.07) is 9.93. The van der Waals surface area contributed by atoms with Crippen LogP contribution in [0.15, 0.2) is 30.3 Å². The molecule has 1 aromatic rings. The molecule has 1 aromatic carbocycles. The second-order valence-electron chi connectivity index (χ2n) is 6.81. The highest BCUT2D eigenvalue weighted by Gasteiger charge is 2.43. The molecule has 132 valence electrons. The maximum atomic E-state index is 12.9. The number of hydrogen-bond donors (Lipinski definition) is 1. The lowest BCUT2D eigenvalue weighted by Crippen LogP contribution is -2.56. The number of carbonyl (C=O) groups excluding carboxylic acids is 1. The van der Waals surface area contributed by atoms with Gasteiger partial charge in [0.2, 0.25) is 0 Å². The molecule has 0 aliphatic carbocycles. The van der Waals surface area contributed by atoms with Crippen LogP contribution in [-0.2, 0) is 9.53 Å². The molecule has 2 aliphatic heterocycles. The fourth-order valence-corrected chi connectivity index (χ4v) is 3.66. The van der Waals surface area contributed by atoms with Crippen LogP contribution in [0.2, 0.25) is 0 Å². The summed E-state index contributed by atoms with van der Waals surface area (Å²) >= 11 is 0. The Morgan fingerprint density at radius 3 is 2.50 bits per heavy atom. The number of rotatable bonds is 5. The molecule has 2 heterocycles. The van der Waals surface area contributed by atoms with E-state index in [-0.39, 0.29) is 5.91 Å². The number of hydrogen-bond acceptors (Lipinski definition) is 4. The van der Waals surface area contributed by atoms with Crippen molar-refractivity contribution in [1.29, 1.82) is 0 Å². The van der Waals surface area contributed by atoms with E-state index < -0.39 is 5.60 Å². The second-order valence-corrected chi connectivity index (χ2v) is 6.81. The van der Waals surface area contributed by atoms with Gasteiger partial charge in [0.25, 0.3) is 5.91 Å². The molecule has 0 saturated carbocycles. The zero-order valence-electron chi connectivity index (χ0n) is 14.5. The Kier molecular flexibility index (Phi) is 5.74. The van der Waals surface area contributed by atoms with Gasteiger partial charge in [-0.1, -0.05) is 18.2 Å². The highest BCUT2D eigenvalue weighted by Crippen LogP contribution is 2.28. The number of carbonyl (C=O) groups is 1. The Morgan fingerprint density at radius 1 is 1.21 bits per heavy atom. The summed E-state index contributed by atoms with van der Waals surface area (Å²) in [7, 11) is 1.67. The number of piperidine rings is 2. The third-order valence-electron chi connectivity index (χ3n) is 5.32. The SMILES string of the molecule is COC1(C(=O)N2CCC(COc3ccccc3)CC2)CCNCC1. The number of ether oxygens (including phenoxy) is 2. The molecule has 3 rings (SSSR count). The quantitative estimate of drug-likeness (QED) is 0.897. The third kappa shape index (κ3) is 3.90. The summed E-state index contributed by atoms with van der Waals surface area (Å²) in [5.41, 5.74) is -0.612. The summed E-state index contributed by atoms with van der Waals surface area (Å²) in [6.07, 6.45) is 3.52. The minimum absolute atomic E-state index is 0.175. The fraction of sp³-hybridized carbons (Fsp3) is 0.632. The van der Waals surface area contributed by atoms with E-state index in [1.54, 1.807) is 7.11 Å². The molecule has 2 saturated heterocycles. The van der Waals surface area contributed by atoms with Crippen LogP contribution in [0.4, 0.5) is 0 Å². The lowest BCUT2D eigenvalue weighted by atomic mass is 9.88. The van der Waals surface area contributed by atoms with E-state index in [9.17, 15) is 4.79 Å². The average molecular weight is 332 g/mol. The van der Waals surface area contributed by atoms with Gasteiger partial charge in [-0.15, -0.1) is 0 Å². The molecule has 0 unspecified atom stereocenters. The van der Waals surface area contributed by atoms with Gasteiger partial charge >= 0.3 is 0 Å². The number of likely N-dealkylation sites (tertiary alicyclic amines) is 1. The number of para-hydroxylation sites is 1. The van der Waals surface area contributed by atoms with Gasteiger partial charge in [-0.05, 0) is 56.8 Å². The van der Waals surface area contributed by atoms with Crippen LogP contribution in [0.25, 0.3) is 0 Å². The molecule has 0 spiro atoms. The number of amides is 1. The Bertz CT molecular complexity index is 521. The third-order valence-corrected chi connectivity index (χ3v) is 5.32. The van der Waals surface area contributed by atoms with E-state index in [4.69, 9.17) is 9.47 Å². The van der Waals surface area contributed by atoms with Gasteiger partial charge in [0, 0.05) is 20.2 Å². The highest BCUT2D eigenvalue weighted by molar-refractivity contribution is 5.85. The molecule has 1 amide bonds. The first kappa shape index (κ1) is 17.2. The molecular weight excluding hydrogens is 304 g/mol. The van der Waals surface area contributed by atoms with Crippen LogP contribution in [0.1, 0.15) is 25.7 Å². The lowest BCUT2D eigenvalue weighted by Gasteiger charge is -2.41. The fourth-order valence-electron chi connectivity index (χ4n) is 3.66. The van der Waals surface area contributed by atoms with Gasteiger partial charge in [-0.2, -0.15) is 0 Å². The van der Waals surface area contributed by atoms with Gasteiger partial charge in [0.1, 0.15) is 11.4 Å². The molecule has 1 N–H and O–H groups in total. The number of nitrogens with one attached hydrogen (secondary N) is 1. The minimum atomic E-state index is -0.612. The standard InChI is InChI=1S/C19H28N2O3/c1-23-19(9-11-20-12-10-19)18(22)21-13-7-16(8-14-21)15-24-17-5-3-2-4-6-17/h2-6,16,20H,7-15H2,1H3. The molecule has 2 fully saturated rings. The Labute approximate surface area is 144 Å². The van der Waals surface area contributed by atoms with Crippen LogP contribution < -0.4 is 10.1 Å². The van der Waals surface area contributed by atoms with Gasteiger partial charge in [0.05, 0.1) is 6.61 Å². The first-order chi connectivity index (χ1) is 11.7. The molecule has 24 heavy (non-hydrogen) atoms. The smallest absolute Gasteiger partial charge is 0.254 e. The summed E-state index contributed by atoms with van der Waals surface area (Å²) in [6.45, 7) is 4.04. The normalized spacial score (nSPS) is 21.5. The number of nitrogens with zero attached hydrogens (tertiary/aromatic N) is 1. The largest absolute Gasteiger partial charge is 0.493 e. The first-order valence-corrected chi connectivity index (χ1v) is 8.97. The zero-order chi connectivity index (χ0) is 16.8. The lowest BCUT2D eigenvalue weighted by molar-refractivity contribution is -0.159. The van der Waals surface area contributed by atoms with E-state index in [0.717, 1.165) is 64.2 Å². The average Bonchev–Trinajstić information content (AvgIpc) is 2.67. The van der Waals surface area contributed by atoms with Crippen LogP contribution in [0.3, 0.4) is 0 Å². The molecule has 0 atom stereocenters. The van der Waals surface area contributed by atoms with Crippen molar-refractivity contribution in [2.75, 3.05) is 39.9 Å². The summed E-state index contributed by atoms with van der Waals surface area (Å²) in [5, 5.41) is 3.30. The number of benzene rings is 1. The molecule has 5 nitrogen and oxygen atoms in total. The van der Waals surface area contributed by atoms with Crippen molar-refractivity contribution < 1.29 is 14.3 Å². The highest BCUT2D eigenvalue weighted by atomic mass is 16.5. The summed E-state index contributed by atoms with van der Waals surface area (Å²) in [4.78, 5) is 14.9. The van der Waals surface area contributed by atoms with Crippen molar-refractivity contribution in [2.45, 2.75) is 31.3 Å². The summed E-state index contributed by atoms with van der Waals surface area (Å²) < 4.78 is 11.5. The van der Waals surface area contributed by atoms with Gasteiger partial charge in [0.15, 0.2) is 0 Å². The van der Waals surface area contributed by atoms with E-state index in [1.807, 2.05) is 35.2 Å². The van der Waals surface area contributed by atoms with Crippen LogP contribution in [-0.4, -0.2) is 56.3 Å². The van der Waals surface area contributed by atoms with Gasteiger partial charge in [-0.25, -0.2) is 0 Å². The Hall–Kier alpha value is -1.59. The predicted molar refractivity (Wildman–Crippen MR) is 93.1 cm³/mol. The van der Waals surface area contributed by atoms with E-state index in [0.29, 0.717) is 5.92 Å². The Balaban J connectivity index is 1.48. The first-order valence-electron chi connectivity index (χ1n) is 8.97. The van der Waals surface area contributed by atoms with E-state index in [2.05, 4.69) is 5.32 Å². The van der Waals surface area contributed by atoms with Crippen LogP contribution >= 0.6 is 0 Å². The van der Waals surface area contributed by atoms with Crippen LogP contribution in [0, 0.1) is 5.92 Å². The minimum Gasteiger partial charge on any atom is -0.493 e. The molecule has 0 aromatic heterocycles. The van der Waals surface area contributed by atoms with Crippen molar-refractivity contribution in [1.82, 2.24) is 10.2 Å². The maximum Gasteiger partial charge on any atom is 0.254 e. The van der Waals surface area contributed by atoms with Crippen LogP contribution in [0.5, 0.6) is 5.75 Å². The molecule has 0 radical (unpaired) electrons. The molecule has 2 aliphatic rings. The number of methoxy groups -OCH3 is 1. The Morgan fingerprint density at radius 2 is 1.88 bits per heavy atom. The van der Waals surface area contributed by atoms with Gasteiger partial charge in [-0.3, -0.25) is 4.79 Å². The van der Waals surface area contributed by atoms with E-state index >= 15 is 0 Å². The predicted octanol–water partition coefficient (Wildman–Crippen LogP) is 2.07. The van der Waals surface area contributed by atoms with Crippen molar-refractivity contribution >= 4 is 5.91 Å².